The van der Waals surface area contributed by atoms with Crippen molar-refractivity contribution >= 4 is 24.6 Å². The second-order valence-corrected chi connectivity index (χ2v) is 6.46. The molecular formula is C18H21BN2O2. The molecule has 0 amide bonds. The largest absolute Gasteiger partial charge is 0.514 e. The Labute approximate surface area is 141 Å². The van der Waals surface area contributed by atoms with E-state index in [0.29, 0.717) is 0 Å². The molecular weight excluding hydrogens is 287 g/mol. The SMILES string of the molecule is [2H]c1nc(B2OC(C)(C)C(C)(C)O2)c([2H])c(N=Cc2ccccc2)c1[2H]. The Hall–Kier alpha value is -1.98. The maximum absolute atomic E-state index is 8.43. The molecule has 0 saturated carbocycles. The highest BCUT2D eigenvalue weighted by atomic mass is 16.7. The Morgan fingerprint density at radius 1 is 1.13 bits per heavy atom. The molecule has 1 saturated heterocycles. The Morgan fingerprint density at radius 3 is 2.43 bits per heavy atom. The van der Waals surface area contributed by atoms with Gasteiger partial charge < -0.3 is 9.31 Å². The van der Waals surface area contributed by atoms with E-state index in [1.807, 2.05) is 58.0 Å². The van der Waals surface area contributed by atoms with Gasteiger partial charge in [-0.1, -0.05) is 30.3 Å². The number of pyridine rings is 1. The van der Waals surface area contributed by atoms with Crippen LogP contribution < -0.4 is 5.59 Å². The van der Waals surface area contributed by atoms with Crippen molar-refractivity contribution in [3.63, 3.8) is 0 Å². The Morgan fingerprint density at radius 2 is 1.78 bits per heavy atom. The zero-order valence-electron chi connectivity index (χ0n) is 16.8. The molecule has 0 radical (unpaired) electrons. The van der Waals surface area contributed by atoms with E-state index in [-0.39, 0.29) is 29.5 Å². The summed E-state index contributed by atoms with van der Waals surface area (Å²) in [6.45, 7) is 7.63. The van der Waals surface area contributed by atoms with Crippen molar-refractivity contribution in [2.75, 3.05) is 0 Å². The lowest BCUT2D eigenvalue weighted by Gasteiger charge is -2.32. The van der Waals surface area contributed by atoms with Gasteiger partial charge in [-0.3, -0.25) is 9.98 Å². The van der Waals surface area contributed by atoms with Crippen LogP contribution in [0.15, 0.2) is 53.6 Å². The fourth-order valence-corrected chi connectivity index (χ4v) is 2.13. The molecule has 2 aromatic rings. The van der Waals surface area contributed by atoms with Gasteiger partial charge in [0, 0.05) is 12.4 Å². The van der Waals surface area contributed by atoms with Crippen LogP contribution in [0.3, 0.4) is 0 Å². The summed E-state index contributed by atoms with van der Waals surface area (Å²) < 4.78 is 36.4. The van der Waals surface area contributed by atoms with Crippen molar-refractivity contribution < 1.29 is 13.4 Å². The average Bonchev–Trinajstić information content (AvgIpc) is 2.79. The maximum atomic E-state index is 8.43. The van der Waals surface area contributed by atoms with Gasteiger partial charge in [0.15, 0.2) is 0 Å². The minimum absolute atomic E-state index is 0.0586. The van der Waals surface area contributed by atoms with E-state index >= 15 is 0 Å². The summed E-state index contributed by atoms with van der Waals surface area (Å²) in [5.41, 5.74) is -0.0717. The first-order valence-corrected chi connectivity index (χ1v) is 7.55. The topological polar surface area (TPSA) is 43.7 Å². The molecule has 2 heterocycles. The molecule has 3 rings (SSSR count). The predicted octanol–water partition coefficient (Wildman–Crippen LogP) is 3.13. The van der Waals surface area contributed by atoms with Gasteiger partial charge in [0.2, 0.25) is 0 Å². The first-order valence-electron chi connectivity index (χ1n) is 9.05. The first kappa shape index (κ1) is 12.4. The van der Waals surface area contributed by atoms with Crippen LogP contribution >= 0.6 is 0 Å². The maximum Gasteiger partial charge on any atom is 0.514 e. The van der Waals surface area contributed by atoms with Gasteiger partial charge in [0.05, 0.1) is 26.6 Å². The van der Waals surface area contributed by atoms with Crippen LogP contribution in [0.4, 0.5) is 5.69 Å². The van der Waals surface area contributed by atoms with Crippen molar-refractivity contribution in [1.82, 2.24) is 4.98 Å². The summed E-state index contributed by atoms with van der Waals surface area (Å²) in [7, 11) is -0.872. The van der Waals surface area contributed by atoms with Gasteiger partial charge >= 0.3 is 7.12 Å². The Bertz CT molecular complexity index is 841. The number of benzene rings is 1. The zero-order valence-corrected chi connectivity index (χ0v) is 13.8. The van der Waals surface area contributed by atoms with Crippen molar-refractivity contribution in [2.45, 2.75) is 38.9 Å². The summed E-state index contributed by atoms with van der Waals surface area (Å²) in [4.78, 5) is 8.34. The second-order valence-electron chi connectivity index (χ2n) is 6.46. The highest BCUT2D eigenvalue weighted by Crippen LogP contribution is 2.36. The number of aromatic nitrogens is 1. The predicted molar refractivity (Wildman–Crippen MR) is 93.6 cm³/mol. The summed E-state index contributed by atoms with van der Waals surface area (Å²) in [6, 6.07) is 9.14. The second kappa shape index (κ2) is 5.91. The minimum Gasteiger partial charge on any atom is -0.398 e. The average molecular weight is 311 g/mol. The number of hydrogen-bond donors (Lipinski definition) is 0. The molecule has 118 valence electrons. The summed E-state index contributed by atoms with van der Waals surface area (Å²) in [5, 5.41) is 0. The van der Waals surface area contributed by atoms with Gasteiger partial charge in [-0.15, -0.1) is 0 Å². The number of aliphatic imine (C=N–C) groups is 1. The lowest BCUT2D eigenvalue weighted by Crippen LogP contribution is -2.41. The molecule has 1 fully saturated rings. The molecule has 4 nitrogen and oxygen atoms in total. The molecule has 1 aliphatic rings. The van der Waals surface area contributed by atoms with E-state index in [1.54, 1.807) is 6.21 Å². The molecule has 0 unspecified atom stereocenters. The van der Waals surface area contributed by atoms with E-state index in [1.165, 1.54) is 0 Å². The highest BCUT2D eigenvalue weighted by molar-refractivity contribution is 6.61. The Kier molecular flexibility index (Phi) is 3.20. The molecule has 0 spiro atoms. The van der Waals surface area contributed by atoms with E-state index in [4.69, 9.17) is 13.4 Å². The number of nitrogens with zero attached hydrogens (tertiary/aromatic N) is 2. The summed E-state index contributed by atoms with van der Waals surface area (Å²) in [6.07, 6.45) is 1.31. The zero-order chi connectivity index (χ0) is 19.1. The number of rotatable bonds is 3. The third-order valence-electron chi connectivity index (χ3n) is 4.22. The first-order chi connectivity index (χ1) is 12.1. The smallest absolute Gasteiger partial charge is 0.398 e. The normalized spacial score (nSPS) is 21.2. The van der Waals surface area contributed by atoms with Crippen molar-refractivity contribution in [1.29, 1.82) is 0 Å². The molecule has 5 heteroatoms. The molecule has 0 atom stereocenters. The van der Waals surface area contributed by atoms with Crippen molar-refractivity contribution in [3.05, 3.63) is 54.2 Å². The molecule has 1 aromatic carbocycles. The van der Waals surface area contributed by atoms with Crippen molar-refractivity contribution in [3.8, 4) is 0 Å². The lowest BCUT2D eigenvalue weighted by atomic mass is 9.84. The van der Waals surface area contributed by atoms with Crippen LogP contribution in [-0.2, 0) is 9.31 Å². The van der Waals surface area contributed by atoms with Crippen LogP contribution in [-0.4, -0.2) is 29.5 Å². The minimum atomic E-state index is -0.872. The summed E-state index contributed by atoms with van der Waals surface area (Å²) >= 11 is 0. The van der Waals surface area contributed by atoms with E-state index in [2.05, 4.69) is 9.98 Å². The van der Waals surface area contributed by atoms with Crippen LogP contribution in [0.5, 0.6) is 0 Å². The van der Waals surface area contributed by atoms with E-state index in [0.717, 1.165) is 5.56 Å². The third-order valence-corrected chi connectivity index (χ3v) is 4.22. The molecule has 0 N–H and O–H groups in total. The highest BCUT2D eigenvalue weighted by Gasteiger charge is 2.52. The van der Waals surface area contributed by atoms with Crippen molar-refractivity contribution in [2.24, 2.45) is 4.99 Å². The van der Waals surface area contributed by atoms with E-state index < -0.39 is 18.3 Å². The fourth-order valence-electron chi connectivity index (χ4n) is 2.13. The monoisotopic (exact) mass is 311 g/mol. The van der Waals surface area contributed by atoms with Crippen LogP contribution in [0.1, 0.15) is 37.4 Å². The van der Waals surface area contributed by atoms with Gasteiger partial charge in [0.1, 0.15) is 0 Å². The van der Waals surface area contributed by atoms with Crippen LogP contribution in [0, 0.1) is 0 Å². The van der Waals surface area contributed by atoms with Gasteiger partial charge in [-0.05, 0) is 45.3 Å². The van der Waals surface area contributed by atoms with E-state index in [9.17, 15) is 0 Å². The lowest BCUT2D eigenvalue weighted by molar-refractivity contribution is 0.00578. The number of hydrogen-bond acceptors (Lipinski definition) is 4. The molecule has 1 aromatic heterocycles. The Balaban J connectivity index is 2.02. The van der Waals surface area contributed by atoms with Crippen LogP contribution in [0.2, 0.25) is 0 Å². The van der Waals surface area contributed by atoms with Gasteiger partial charge in [-0.25, -0.2) is 0 Å². The molecule has 0 bridgehead atoms. The van der Waals surface area contributed by atoms with Crippen LogP contribution in [0.25, 0.3) is 0 Å². The molecule has 0 aliphatic carbocycles. The summed E-state index contributed by atoms with van der Waals surface area (Å²) in [5.74, 6) is 0. The third kappa shape index (κ3) is 3.36. The standard InChI is InChI=1S/C18H21BN2O2/c1-17(2)18(3,4)23-19(22-17)16-12-15(10-11-20-16)21-13-14-8-6-5-7-9-14/h5-13H,1-4H3/i10D,11D,12D. The quantitative estimate of drug-likeness (QED) is 0.646. The van der Waals surface area contributed by atoms with Gasteiger partial charge in [0.25, 0.3) is 0 Å². The molecule has 1 aliphatic heterocycles. The van der Waals surface area contributed by atoms with Gasteiger partial charge in [-0.2, -0.15) is 0 Å². The molecule has 23 heavy (non-hydrogen) atoms. The fraction of sp³-hybridized carbons (Fsp3) is 0.333.